The average molecular weight is 579 g/mol. The van der Waals surface area contributed by atoms with Gasteiger partial charge in [-0.3, -0.25) is 4.79 Å². The Hall–Kier alpha value is -6.01. The molecule has 0 aliphatic heterocycles. The number of esters is 4. The lowest BCUT2D eigenvalue weighted by Gasteiger charge is -2.10. The zero-order valence-electron chi connectivity index (χ0n) is 23.2. The van der Waals surface area contributed by atoms with Crippen LogP contribution < -0.4 is 9.47 Å². The summed E-state index contributed by atoms with van der Waals surface area (Å²) in [5.41, 5.74) is 2.40. The highest BCUT2D eigenvalue weighted by molar-refractivity contribution is 5.93. The molecule has 0 radical (unpaired) electrons. The van der Waals surface area contributed by atoms with Gasteiger partial charge in [0.25, 0.3) is 0 Å². The SMILES string of the molecule is C=CC(=O)CC#Cc1ccc(C(=O)Oc2ccc(OC(=O)c3ccc(/C=C/C(=O)OCOC(=O)C=C)cc3)c(C)c2)cc1. The second kappa shape index (κ2) is 15.7. The van der Waals surface area contributed by atoms with Crippen LogP contribution in [0.4, 0.5) is 0 Å². The third-order valence-corrected chi connectivity index (χ3v) is 5.53. The molecular weight excluding hydrogens is 552 g/mol. The predicted molar refractivity (Wildman–Crippen MR) is 157 cm³/mol. The molecule has 9 heteroatoms. The van der Waals surface area contributed by atoms with Gasteiger partial charge in [-0.25, -0.2) is 19.2 Å². The molecule has 0 aliphatic rings. The molecular formula is C34H26O9. The second-order valence-electron chi connectivity index (χ2n) is 8.64. The van der Waals surface area contributed by atoms with E-state index in [-0.39, 0.29) is 29.3 Å². The molecule has 0 atom stereocenters. The third kappa shape index (κ3) is 10.2. The Morgan fingerprint density at radius 2 is 1.40 bits per heavy atom. The fourth-order valence-corrected chi connectivity index (χ4v) is 3.27. The van der Waals surface area contributed by atoms with Gasteiger partial charge >= 0.3 is 23.9 Å². The molecule has 3 aromatic carbocycles. The van der Waals surface area contributed by atoms with Gasteiger partial charge in [-0.1, -0.05) is 37.1 Å². The van der Waals surface area contributed by atoms with Gasteiger partial charge in [0, 0.05) is 17.7 Å². The van der Waals surface area contributed by atoms with E-state index in [1.807, 2.05) is 0 Å². The van der Waals surface area contributed by atoms with E-state index in [9.17, 15) is 24.0 Å². The van der Waals surface area contributed by atoms with Gasteiger partial charge in [0.05, 0.1) is 17.5 Å². The van der Waals surface area contributed by atoms with Crippen molar-refractivity contribution in [1.82, 2.24) is 0 Å². The molecule has 0 N–H and O–H groups in total. The Labute approximate surface area is 248 Å². The van der Waals surface area contributed by atoms with Gasteiger partial charge < -0.3 is 18.9 Å². The van der Waals surface area contributed by atoms with Gasteiger partial charge in [0.15, 0.2) is 5.78 Å². The maximum absolute atomic E-state index is 12.7. The standard InChI is InChI=1S/C34H26O9/c1-4-28(35)8-6-7-24-9-14-26(15-10-24)33(38)42-29-18-19-30(23(3)21-29)43-34(39)27-16-11-25(12-17-27)13-20-32(37)41-22-40-31(36)5-2/h4-5,9-21H,1-2,8,22H2,3H3/b20-13+. The summed E-state index contributed by atoms with van der Waals surface area (Å²) in [6, 6.07) is 17.3. The lowest BCUT2D eigenvalue weighted by Crippen LogP contribution is -2.10. The Balaban J connectivity index is 1.53. The molecule has 3 rings (SSSR count). The minimum absolute atomic E-state index is 0.0709. The molecule has 3 aromatic rings. The van der Waals surface area contributed by atoms with Crippen molar-refractivity contribution < 1.29 is 42.9 Å². The van der Waals surface area contributed by atoms with Crippen LogP contribution in [0.2, 0.25) is 0 Å². The molecule has 0 heterocycles. The van der Waals surface area contributed by atoms with Gasteiger partial charge in [-0.2, -0.15) is 0 Å². The summed E-state index contributed by atoms with van der Waals surface area (Å²) in [6.07, 6.45) is 4.85. The summed E-state index contributed by atoms with van der Waals surface area (Å²) in [5, 5.41) is 0. The van der Waals surface area contributed by atoms with E-state index in [1.54, 1.807) is 49.4 Å². The molecule has 0 saturated carbocycles. The highest BCUT2D eigenvalue weighted by Gasteiger charge is 2.13. The van der Waals surface area contributed by atoms with Crippen molar-refractivity contribution in [3.8, 4) is 23.3 Å². The maximum atomic E-state index is 12.7. The van der Waals surface area contributed by atoms with E-state index in [4.69, 9.17) is 14.2 Å². The molecule has 0 saturated heterocycles. The van der Waals surface area contributed by atoms with Crippen molar-refractivity contribution in [2.45, 2.75) is 13.3 Å². The quantitative estimate of drug-likeness (QED) is 0.0997. The summed E-state index contributed by atoms with van der Waals surface area (Å²) in [6.45, 7) is 7.79. The van der Waals surface area contributed by atoms with Gasteiger partial charge in [-0.15, -0.1) is 0 Å². The molecule has 0 spiro atoms. The number of carbonyl (C=O) groups is 5. The summed E-state index contributed by atoms with van der Waals surface area (Å²) in [4.78, 5) is 59.1. The lowest BCUT2D eigenvalue weighted by molar-refractivity contribution is -0.160. The molecule has 0 bridgehead atoms. The van der Waals surface area contributed by atoms with Crippen LogP contribution in [0.3, 0.4) is 0 Å². The minimum Gasteiger partial charge on any atom is -0.425 e. The van der Waals surface area contributed by atoms with Crippen LogP contribution in [0, 0.1) is 18.8 Å². The summed E-state index contributed by atoms with van der Waals surface area (Å²) in [7, 11) is 0. The van der Waals surface area contributed by atoms with Crippen molar-refractivity contribution in [2.24, 2.45) is 0 Å². The predicted octanol–water partition coefficient (Wildman–Crippen LogP) is 5.17. The number of hydrogen-bond donors (Lipinski definition) is 0. The second-order valence-corrected chi connectivity index (χ2v) is 8.64. The van der Waals surface area contributed by atoms with Crippen LogP contribution in [-0.2, 0) is 23.9 Å². The third-order valence-electron chi connectivity index (χ3n) is 5.53. The summed E-state index contributed by atoms with van der Waals surface area (Å²) in [5.74, 6) is 3.35. The molecule has 0 amide bonds. The first-order chi connectivity index (χ1) is 20.7. The van der Waals surface area contributed by atoms with E-state index in [0.29, 0.717) is 22.3 Å². The summed E-state index contributed by atoms with van der Waals surface area (Å²) < 4.78 is 20.2. The molecule has 43 heavy (non-hydrogen) atoms. The first-order valence-corrected chi connectivity index (χ1v) is 12.7. The van der Waals surface area contributed by atoms with Crippen LogP contribution in [-0.4, -0.2) is 36.5 Å². The minimum atomic E-state index is -0.720. The van der Waals surface area contributed by atoms with Crippen molar-refractivity contribution in [3.05, 3.63) is 126 Å². The smallest absolute Gasteiger partial charge is 0.343 e. The Bertz CT molecular complexity index is 1630. The van der Waals surface area contributed by atoms with E-state index in [1.165, 1.54) is 36.4 Å². The molecule has 216 valence electrons. The number of aryl methyl sites for hydroxylation is 1. The average Bonchev–Trinajstić information content (AvgIpc) is 3.01. The van der Waals surface area contributed by atoms with Crippen molar-refractivity contribution in [1.29, 1.82) is 0 Å². The number of rotatable bonds is 11. The van der Waals surface area contributed by atoms with E-state index in [2.05, 4.69) is 29.7 Å². The number of ether oxygens (including phenoxy) is 4. The topological polar surface area (TPSA) is 122 Å². The molecule has 0 aliphatic carbocycles. The highest BCUT2D eigenvalue weighted by Crippen LogP contribution is 2.25. The number of allylic oxidation sites excluding steroid dienone is 1. The maximum Gasteiger partial charge on any atom is 0.343 e. The molecule has 0 aromatic heterocycles. The summed E-state index contributed by atoms with van der Waals surface area (Å²) >= 11 is 0. The first kappa shape index (κ1) is 31.5. The van der Waals surface area contributed by atoms with Crippen LogP contribution in [0.25, 0.3) is 6.08 Å². The van der Waals surface area contributed by atoms with Crippen LogP contribution >= 0.6 is 0 Å². The number of carbonyl (C=O) groups excluding carboxylic acids is 5. The van der Waals surface area contributed by atoms with Crippen LogP contribution in [0.5, 0.6) is 11.5 Å². The number of benzene rings is 3. The normalized spacial score (nSPS) is 10.1. The van der Waals surface area contributed by atoms with E-state index < -0.39 is 30.7 Å². The lowest BCUT2D eigenvalue weighted by atomic mass is 10.1. The van der Waals surface area contributed by atoms with Crippen LogP contribution in [0.1, 0.15) is 43.8 Å². The zero-order valence-corrected chi connectivity index (χ0v) is 23.2. The Morgan fingerprint density at radius 3 is 2.02 bits per heavy atom. The Kier molecular flexibility index (Phi) is 11.5. The molecule has 9 nitrogen and oxygen atoms in total. The fraction of sp³-hybridized carbons (Fsp3) is 0.0882. The van der Waals surface area contributed by atoms with Crippen molar-refractivity contribution >= 4 is 35.7 Å². The highest BCUT2D eigenvalue weighted by atomic mass is 16.7. The molecule has 0 unspecified atom stereocenters. The molecule has 0 fully saturated rings. The largest absolute Gasteiger partial charge is 0.425 e. The van der Waals surface area contributed by atoms with E-state index >= 15 is 0 Å². The monoisotopic (exact) mass is 578 g/mol. The van der Waals surface area contributed by atoms with E-state index in [0.717, 1.165) is 12.2 Å². The van der Waals surface area contributed by atoms with Crippen molar-refractivity contribution in [3.63, 3.8) is 0 Å². The fourth-order valence-electron chi connectivity index (χ4n) is 3.27. The Morgan fingerprint density at radius 1 is 0.767 bits per heavy atom. The van der Waals surface area contributed by atoms with Crippen molar-refractivity contribution in [2.75, 3.05) is 6.79 Å². The number of ketones is 1. The first-order valence-electron chi connectivity index (χ1n) is 12.7. The van der Waals surface area contributed by atoms with Gasteiger partial charge in [0.2, 0.25) is 6.79 Å². The zero-order chi connectivity index (χ0) is 31.2. The van der Waals surface area contributed by atoms with Crippen LogP contribution in [0.15, 0.2) is 98.1 Å². The van der Waals surface area contributed by atoms with Gasteiger partial charge in [0.1, 0.15) is 11.5 Å². The van der Waals surface area contributed by atoms with Gasteiger partial charge in [-0.05, 0) is 84.8 Å². The number of hydrogen-bond acceptors (Lipinski definition) is 9.